The van der Waals surface area contributed by atoms with Crippen molar-refractivity contribution in [1.29, 1.82) is 0 Å². The topological polar surface area (TPSA) is 76.6 Å². The van der Waals surface area contributed by atoms with Gasteiger partial charge in [0.15, 0.2) is 0 Å². The average Bonchev–Trinajstić information content (AvgIpc) is 2.76. The van der Waals surface area contributed by atoms with Crippen molar-refractivity contribution in [2.75, 3.05) is 33.0 Å². The summed E-state index contributed by atoms with van der Waals surface area (Å²) in [5.74, 6) is 0.537. The quantitative estimate of drug-likeness (QED) is 0.486. The maximum atomic E-state index is 5.99. The number of likely N-dealkylation sites (N-methyl/N-ethyl adjacent to an activating group) is 1. The molecule has 2 aromatic carbocycles. The van der Waals surface area contributed by atoms with Crippen LogP contribution >= 0.6 is 0 Å². The lowest BCUT2D eigenvalue weighted by Gasteiger charge is -2.28. The molecule has 0 aliphatic heterocycles. The zero-order chi connectivity index (χ0) is 21.8. The van der Waals surface area contributed by atoms with Gasteiger partial charge in [-0.15, -0.1) is 0 Å². The van der Waals surface area contributed by atoms with Crippen LogP contribution in [0.15, 0.2) is 59.8 Å². The van der Waals surface area contributed by atoms with E-state index < -0.39 is 0 Å². The Morgan fingerprint density at radius 1 is 1.03 bits per heavy atom. The highest BCUT2D eigenvalue weighted by molar-refractivity contribution is 6.03. The van der Waals surface area contributed by atoms with Crippen LogP contribution in [0.2, 0.25) is 0 Å². The van der Waals surface area contributed by atoms with Crippen LogP contribution in [0.5, 0.6) is 0 Å². The lowest BCUT2D eigenvalue weighted by Crippen LogP contribution is -2.24. The summed E-state index contributed by atoms with van der Waals surface area (Å²) in [4.78, 5) is 16.7. The van der Waals surface area contributed by atoms with Crippen LogP contribution < -0.4 is 5.73 Å². The first-order valence-corrected chi connectivity index (χ1v) is 10.6. The molecular weight excluding hydrogens is 386 g/mol. The lowest BCUT2D eigenvalue weighted by atomic mass is 9.78. The third kappa shape index (κ3) is 4.75. The van der Waals surface area contributed by atoms with Gasteiger partial charge >= 0.3 is 0 Å². The van der Waals surface area contributed by atoms with Crippen molar-refractivity contribution < 1.29 is 4.84 Å². The second kappa shape index (κ2) is 9.27. The molecule has 0 radical (unpaired) electrons. The molecule has 0 amide bonds. The number of hydrogen-bond donors (Lipinski definition) is 1. The molecule has 6 heteroatoms. The van der Waals surface area contributed by atoms with E-state index in [2.05, 4.69) is 68.6 Å². The second-order valence-corrected chi connectivity index (χ2v) is 8.22. The molecule has 1 aliphatic rings. The maximum Gasteiger partial charge on any atom is 0.220 e. The minimum Gasteiger partial charge on any atom is -0.394 e. The number of aryl methyl sites for hydroxylation is 1. The summed E-state index contributed by atoms with van der Waals surface area (Å²) < 4.78 is 0. The SMILES string of the molecule is Cc1nc(N)nc2c1/C(=N/OCCN(C)C)CC(c1ccccc1-c1ccccc1)C2. The third-order valence-corrected chi connectivity index (χ3v) is 5.64. The monoisotopic (exact) mass is 415 g/mol. The number of anilines is 1. The number of oxime groups is 1. The van der Waals surface area contributed by atoms with E-state index in [-0.39, 0.29) is 5.92 Å². The Hall–Kier alpha value is -3.25. The summed E-state index contributed by atoms with van der Waals surface area (Å²) in [5, 5.41) is 4.53. The fourth-order valence-corrected chi connectivity index (χ4v) is 4.20. The summed E-state index contributed by atoms with van der Waals surface area (Å²) in [5.41, 5.74) is 13.4. The molecule has 31 heavy (non-hydrogen) atoms. The summed E-state index contributed by atoms with van der Waals surface area (Å²) in [6, 6.07) is 19.1. The van der Waals surface area contributed by atoms with Crippen molar-refractivity contribution in [3.63, 3.8) is 0 Å². The van der Waals surface area contributed by atoms with Crippen molar-refractivity contribution in [3.05, 3.63) is 77.1 Å². The third-order valence-electron chi connectivity index (χ3n) is 5.64. The Morgan fingerprint density at radius 2 is 1.77 bits per heavy atom. The van der Waals surface area contributed by atoms with Crippen molar-refractivity contribution in [1.82, 2.24) is 14.9 Å². The summed E-state index contributed by atoms with van der Waals surface area (Å²) in [6.07, 6.45) is 1.57. The average molecular weight is 416 g/mol. The minimum absolute atomic E-state index is 0.230. The van der Waals surface area contributed by atoms with Crippen molar-refractivity contribution >= 4 is 11.7 Å². The van der Waals surface area contributed by atoms with Crippen LogP contribution in [-0.2, 0) is 11.3 Å². The number of hydrogen-bond acceptors (Lipinski definition) is 6. The number of nitrogens with zero attached hydrogens (tertiary/aromatic N) is 4. The molecule has 0 saturated carbocycles. The Morgan fingerprint density at radius 3 is 2.55 bits per heavy atom. The van der Waals surface area contributed by atoms with Crippen LogP contribution in [0.4, 0.5) is 5.95 Å². The van der Waals surface area contributed by atoms with Crippen molar-refractivity contribution in [2.45, 2.75) is 25.7 Å². The summed E-state index contributed by atoms with van der Waals surface area (Å²) in [7, 11) is 4.04. The molecule has 160 valence electrons. The molecular formula is C25H29N5O. The van der Waals surface area contributed by atoms with Gasteiger partial charge in [0.05, 0.1) is 17.1 Å². The Balaban J connectivity index is 1.72. The van der Waals surface area contributed by atoms with Gasteiger partial charge in [0.25, 0.3) is 0 Å². The van der Waals surface area contributed by atoms with E-state index in [0.29, 0.717) is 12.6 Å². The van der Waals surface area contributed by atoms with E-state index in [1.54, 1.807) is 0 Å². The first kappa shape index (κ1) is 21.0. The Kier molecular flexibility index (Phi) is 6.28. The number of nitrogens with two attached hydrogens (primary N) is 1. The first-order valence-electron chi connectivity index (χ1n) is 10.6. The normalized spacial score (nSPS) is 17.0. The number of fused-ring (bicyclic) bond motifs is 1. The maximum absolute atomic E-state index is 5.99. The highest BCUT2D eigenvalue weighted by atomic mass is 16.6. The number of aromatic nitrogens is 2. The number of rotatable bonds is 6. The van der Waals surface area contributed by atoms with Gasteiger partial charge in [0, 0.05) is 18.5 Å². The van der Waals surface area contributed by atoms with Crippen LogP contribution in [0.3, 0.4) is 0 Å². The molecule has 0 saturated heterocycles. The van der Waals surface area contributed by atoms with Gasteiger partial charge in [0.1, 0.15) is 6.61 Å². The largest absolute Gasteiger partial charge is 0.394 e. The van der Waals surface area contributed by atoms with Crippen LogP contribution in [0.25, 0.3) is 11.1 Å². The van der Waals surface area contributed by atoms with Crippen molar-refractivity contribution in [2.24, 2.45) is 5.16 Å². The van der Waals surface area contributed by atoms with Gasteiger partial charge < -0.3 is 15.5 Å². The molecule has 1 aliphatic carbocycles. The molecule has 1 aromatic heterocycles. The Bertz CT molecular complexity index is 1080. The summed E-state index contributed by atoms with van der Waals surface area (Å²) >= 11 is 0. The second-order valence-electron chi connectivity index (χ2n) is 8.22. The fourth-order valence-electron chi connectivity index (χ4n) is 4.20. The number of benzene rings is 2. The van der Waals surface area contributed by atoms with E-state index in [9.17, 15) is 0 Å². The van der Waals surface area contributed by atoms with Gasteiger partial charge in [0.2, 0.25) is 5.95 Å². The fraction of sp³-hybridized carbons (Fsp3) is 0.320. The molecule has 0 fully saturated rings. The van der Waals surface area contributed by atoms with Gasteiger partial charge in [-0.3, -0.25) is 0 Å². The molecule has 3 aromatic rings. The van der Waals surface area contributed by atoms with E-state index in [0.717, 1.165) is 42.0 Å². The molecule has 4 rings (SSSR count). The van der Waals surface area contributed by atoms with Gasteiger partial charge in [-0.1, -0.05) is 59.8 Å². The minimum atomic E-state index is 0.230. The van der Waals surface area contributed by atoms with Gasteiger partial charge in [-0.2, -0.15) is 0 Å². The van der Waals surface area contributed by atoms with Gasteiger partial charge in [-0.25, -0.2) is 9.97 Å². The Labute approximate surface area is 183 Å². The first-order chi connectivity index (χ1) is 15.0. The highest BCUT2D eigenvalue weighted by Crippen LogP contribution is 2.38. The van der Waals surface area contributed by atoms with Crippen LogP contribution in [0, 0.1) is 6.92 Å². The molecule has 1 atom stereocenters. The molecule has 0 bridgehead atoms. The van der Waals surface area contributed by atoms with E-state index >= 15 is 0 Å². The number of nitrogen functional groups attached to an aromatic ring is 1. The molecule has 2 N–H and O–H groups in total. The molecule has 1 heterocycles. The van der Waals surface area contributed by atoms with Gasteiger partial charge in [-0.05, 0) is 50.0 Å². The predicted octanol–water partition coefficient (Wildman–Crippen LogP) is 4.05. The molecule has 6 nitrogen and oxygen atoms in total. The molecule has 1 unspecified atom stereocenters. The smallest absolute Gasteiger partial charge is 0.220 e. The highest BCUT2D eigenvalue weighted by Gasteiger charge is 2.30. The van der Waals surface area contributed by atoms with Crippen LogP contribution in [0.1, 0.15) is 34.9 Å². The molecule has 0 spiro atoms. The zero-order valence-electron chi connectivity index (χ0n) is 18.4. The summed E-state index contributed by atoms with van der Waals surface area (Å²) in [6.45, 7) is 3.30. The zero-order valence-corrected chi connectivity index (χ0v) is 18.4. The standard InChI is InChI=1S/C25H29N5O/c1-17-24-22(28-25(26)27-17)15-19(16-23(24)29-31-14-13-30(2)3)21-12-8-7-11-20(21)18-9-5-4-6-10-18/h4-12,19H,13-16H2,1-3H3,(H2,26,27,28)/b29-23+. The van der Waals surface area contributed by atoms with E-state index in [1.807, 2.05) is 27.1 Å². The predicted molar refractivity (Wildman–Crippen MR) is 125 cm³/mol. The van der Waals surface area contributed by atoms with E-state index in [1.165, 1.54) is 16.7 Å². The van der Waals surface area contributed by atoms with E-state index in [4.69, 9.17) is 10.6 Å². The van der Waals surface area contributed by atoms with Crippen molar-refractivity contribution in [3.8, 4) is 11.1 Å². The van der Waals surface area contributed by atoms with Crippen LogP contribution in [-0.4, -0.2) is 47.8 Å². The lowest BCUT2D eigenvalue weighted by molar-refractivity contribution is 0.125.